The zero-order valence-electron chi connectivity index (χ0n) is 14.5. The molecule has 1 atom stereocenters. The van der Waals surface area contributed by atoms with Crippen molar-refractivity contribution in [1.29, 1.82) is 0 Å². The number of rotatable bonds is 9. The van der Waals surface area contributed by atoms with E-state index >= 15 is 0 Å². The highest BCUT2D eigenvalue weighted by Crippen LogP contribution is 2.31. The van der Waals surface area contributed by atoms with Crippen LogP contribution in [0.4, 0.5) is 0 Å². The van der Waals surface area contributed by atoms with Crippen molar-refractivity contribution in [2.45, 2.75) is 58.6 Å². The Hall–Kier alpha value is -1.06. The summed E-state index contributed by atoms with van der Waals surface area (Å²) in [5.74, 6) is 0.971. The van der Waals surface area contributed by atoms with Crippen LogP contribution in [0.5, 0.6) is 5.75 Å². The second-order valence-electron chi connectivity index (χ2n) is 6.25. The van der Waals surface area contributed by atoms with Gasteiger partial charge in [-0.05, 0) is 58.2 Å². The first-order chi connectivity index (χ1) is 9.93. The zero-order valence-corrected chi connectivity index (χ0v) is 14.5. The Morgan fingerprint density at radius 3 is 2.52 bits per heavy atom. The van der Waals surface area contributed by atoms with Gasteiger partial charge in [-0.25, -0.2) is 0 Å². The number of aryl methyl sites for hydroxylation is 1. The Kier molecular flexibility index (Phi) is 7.20. The average molecular weight is 293 g/mol. The molecule has 0 aromatic heterocycles. The van der Waals surface area contributed by atoms with Crippen LogP contribution in [0.3, 0.4) is 0 Å². The summed E-state index contributed by atoms with van der Waals surface area (Å²) in [6.45, 7) is 9.56. The van der Waals surface area contributed by atoms with Crippen molar-refractivity contribution in [3.05, 3.63) is 29.3 Å². The van der Waals surface area contributed by atoms with Crippen molar-refractivity contribution in [2.24, 2.45) is 0 Å². The van der Waals surface area contributed by atoms with Gasteiger partial charge in [-0.2, -0.15) is 0 Å². The SMILES string of the molecule is CCCNC(CCC(C)(C)OC)c1ccc(C)cc1OC. The summed E-state index contributed by atoms with van der Waals surface area (Å²) in [5, 5.41) is 3.64. The van der Waals surface area contributed by atoms with Gasteiger partial charge in [-0.1, -0.05) is 19.1 Å². The number of benzene rings is 1. The van der Waals surface area contributed by atoms with Crippen molar-refractivity contribution in [3.8, 4) is 5.75 Å². The van der Waals surface area contributed by atoms with E-state index in [0.717, 1.165) is 31.6 Å². The van der Waals surface area contributed by atoms with E-state index in [0.29, 0.717) is 6.04 Å². The predicted molar refractivity (Wildman–Crippen MR) is 89.1 cm³/mol. The smallest absolute Gasteiger partial charge is 0.123 e. The molecule has 1 rings (SSSR count). The lowest BCUT2D eigenvalue weighted by molar-refractivity contribution is 0.0116. The van der Waals surface area contributed by atoms with E-state index in [4.69, 9.17) is 9.47 Å². The van der Waals surface area contributed by atoms with E-state index in [1.54, 1.807) is 14.2 Å². The first-order valence-electron chi connectivity index (χ1n) is 7.86. The summed E-state index contributed by atoms with van der Waals surface area (Å²) in [6, 6.07) is 6.74. The molecule has 3 nitrogen and oxygen atoms in total. The summed E-state index contributed by atoms with van der Waals surface area (Å²) in [5.41, 5.74) is 2.37. The Labute approximate surface area is 130 Å². The molecule has 0 saturated heterocycles. The lowest BCUT2D eigenvalue weighted by atomic mass is 9.93. The molecular weight excluding hydrogens is 262 g/mol. The summed E-state index contributed by atoms with van der Waals surface area (Å²) >= 11 is 0. The molecule has 1 aromatic rings. The third-order valence-corrected chi connectivity index (χ3v) is 3.99. The van der Waals surface area contributed by atoms with Crippen LogP contribution in [0, 0.1) is 6.92 Å². The standard InChI is InChI=1S/C18H31NO2/c1-7-12-19-16(10-11-18(3,4)21-6)15-9-8-14(2)13-17(15)20-5/h8-9,13,16,19H,7,10-12H2,1-6H3. The maximum Gasteiger partial charge on any atom is 0.123 e. The molecule has 0 aliphatic heterocycles. The molecule has 0 spiro atoms. The lowest BCUT2D eigenvalue weighted by Gasteiger charge is -2.27. The van der Waals surface area contributed by atoms with Crippen LogP contribution in [-0.4, -0.2) is 26.4 Å². The van der Waals surface area contributed by atoms with E-state index < -0.39 is 0 Å². The summed E-state index contributed by atoms with van der Waals surface area (Å²) in [4.78, 5) is 0. The van der Waals surface area contributed by atoms with E-state index in [1.807, 2.05) is 0 Å². The Balaban J connectivity index is 2.91. The molecule has 0 heterocycles. The molecule has 3 heteroatoms. The van der Waals surface area contributed by atoms with E-state index in [2.05, 4.69) is 51.2 Å². The molecule has 0 saturated carbocycles. The second-order valence-corrected chi connectivity index (χ2v) is 6.25. The summed E-state index contributed by atoms with van der Waals surface area (Å²) in [6.07, 6.45) is 3.15. The van der Waals surface area contributed by atoms with Crippen LogP contribution < -0.4 is 10.1 Å². The van der Waals surface area contributed by atoms with Gasteiger partial charge in [-0.15, -0.1) is 0 Å². The Morgan fingerprint density at radius 1 is 1.24 bits per heavy atom. The summed E-state index contributed by atoms with van der Waals surface area (Å²) in [7, 11) is 3.52. The fraction of sp³-hybridized carbons (Fsp3) is 0.667. The minimum atomic E-state index is -0.0932. The highest BCUT2D eigenvalue weighted by molar-refractivity contribution is 5.39. The summed E-state index contributed by atoms with van der Waals surface area (Å²) < 4.78 is 11.1. The number of hydrogen-bond acceptors (Lipinski definition) is 3. The molecular formula is C18H31NO2. The highest BCUT2D eigenvalue weighted by atomic mass is 16.5. The quantitative estimate of drug-likeness (QED) is 0.738. The van der Waals surface area contributed by atoms with Crippen molar-refractivity contribution < 1.29 is 9.47 Å². The average Bonchev–Trinajstić information content (AvgIpc) is 2.47. The van der Waals surface area contributed by atoms with Crippen molar-refractivity contribution in [2.75, 3.05) is 20.8 Å². The molecule has 0 amide bonds. The highest BCUT2D eigenvalue weighted by Gasteiger charge is 2.22. The van der Waals surface area contributed by atoms with E-state index in [1.165, 1.54) is 11.1 Å². The predicted octanol–water partition coefficient (Wildman–Crippen LogP) is 4.25. The van der Waals surface area contributed by atoms with Crippen LogP contribution in [-0.2, 0) is 4.74 Å². The molecule has 0 aliphatic rings. The topological polar surface area (TPSA) is 30.5 Å². The van der Waals surface area contributed by atoms with Gasteiger partial charge in [0.2, 0.25) is 0 Å². The number of ether oxygens (including phenoxy) is 2. The molecule has 0 bridgehead atoms. The van der Waals surface area contributed by atoms with Crippen molar-refractivity contribution in [1.82, 2.24) is 5.32 Å². The minimum absolute atomic E-state index is 0.0932. The number of nitrogens with one attached hydrogen (secondary N) is 1. The third kappa shape index (κ3) is 5.68. The minimum Gasteiger partial charge on any atom is -0.496 e. The van der Waals surface area contributed by atoms with Crippen molar-refractivity contribution in [3.63, 3.8) is 0 Å². The molecule has 120 valence electrons. The van der Waals surface area contributed by atoms with Crippen LogP contribution in [0.25, 0.3) is 0 Å². The van der Waals surface area contributed by atoms with Gasteiger partial charge >= 0.3 is 0 Å². The fourth-order valence-electron chi connectivity index (χ4n) is 2.39. The van der Waals surface area contributed by atoms with Gasteiger partial charge in [0.25, 0.3) is 0 Å². The first-order valence-corrected chi connectivity index (χ1v) is 7.86. The lowest BCUT2D eigenvalue weighted by Crippen LogP contribution is -2.28. The van der Waals surface area contributed by atoms with Gasteiger partial charge in [0.1, 0.15) is 5.75 Å². The fourth-order valence-corrected chi connectivity index (χ4v) is 2.39. The van der Waals surface area contributed by atoms with Crippen LogP contribution in [0.15, 0.2) is 18.2 Å². The normalized spacial score (nSPS) is 13.2. The molecule has 0 aliphatic carbocycles. The van der Waals surface area contributed by atoms with Crippen LogP contribution in [0.1, 0.15) is 57.2 Å². The molecule has 1 aromatic carbocycles. The van der Waals surface area contributed by atoms with Gasteiger partial charge in [-0.3, -0.25) is 0 Å². The van der Waals surface area contributed by atoms with Crippen LogP contribution >= 0.6 is 0 Å². The van der Waals surface area contributed by atoms with Gasteiger partial charge in [0.05, 0.1) is 12.7 Å². The Morgan fingerprint density at radius 2 is 1.95 bits per heavy atom. The maximum atomic E-state index is 5.57. The van der Waals surface area contributed by atoms with Gasteiger partial charge < -0.3 is 14.8 Å². The molecule has 1 N–H and O–H groups in total. The van der Waals surface area contributed by atoms with Crippen molar-refractivity contribution >= 4 is 0 Å². The maximum absolute atomic E-state index is 5.57. The first kappa shape index (κ1) is 18.0. The molecule has 1 unspecified atom stereocenters. The van der Waals surface area contributed by atoms with E-state index in [-0.39, 0.29) is 5.60 Å². The third-order valence-electron chi connectivity index (χ3n) is 3.99. The van der Waals surface area contributed by atoms with Gasteiger partial charge in [0, 0.05) is 18.7 Å². The number of hydrogen-bond donors (Lipinski definition) is 1. The molecule has 21 heavy (non-hydrogen) atoms. The van der Waals surface area contributed by atoms with Crippen LogP contribution in [0.2, 0.25) is 0 Å². The monoisotopic (exact) mass is 293 g/mol. The Bertz CT molecular complexity index is 429. The zero-order chi connectivity index (χ0) is 15.9. The van der Waals surface area contributed by atoms with E-state index in [9.17, 15) is 0 Å². The number of methoxy groups -OCH3 is 2. The largest absolute Gasteiger partial charge is 0.496 e. The second kappa shape index (κ2) is 8.40. The van der Waals surface area contributed by atoms with Gasteiger partial charge in [0.15, 0.2) is 0 Å². The molecule has 0 fully saturated rings. The molecule has 0 radical (unpaired) electrons.